The zero-order valence-electron chi connectivity index (χ0n) is 7.60. The molecule has 0 amide bonds. The van der Waals surface area contributed by atoms with Crippen LogP contribution in [0.4, 0.5) is 0 Å². The van der Waals surface area contributed by atoms with Crippen molar-refractivity contribution in [1.29, 1.82) is 5.26 Å². The number of rotatable bonds is 3. The van der Waals surface area contributed by atoms with Crippen LogP contribution in [0.5, 0.6) is 5.75 Å². The van der Waals surface area contributed by atoms with Crippen LogP contribution in [-0.4, -0.2) is 21.3 Å². The second-order valence-electron chi connectivity index (χ2n) is 2.69. The van der Waals surface area contributed by atoms with Crippen LogP contribution in [0.2, 0.25) is 0 Å². The first-order chi connectivity index (χ1) is 6.54. The Morgan fingerprint density at radius 2 is 2.21 bits per heavy atom. The first-order valence-electron chi connectivity index (χ1n) is 3.84. The summed E-state index contributed by atoms with van der Waals surface area (Å²) < 4.78 is 27.2. The fourth-order valence-electron chi connectivity index (χ4n) is 0.910. The SMILES string of the molecule is CS(=O)(=O)c1cccc(OCC#N)c1. The van der Waals surface area contributed by atoms with Gasteiger partial charge in [0.15, 0.2) is 16.4 Å². The Morgan fingerprint density at radius 1 is 1.50 bits per heavy atom. The van der Waals surface area contributed by atoms with Gasteiger partial charge < -0.3 is 4.74 Å². The minimum atomic E-state index is -3.21. The summed E-state index contributed by atoms with van der Waals surface area (Å²) in [7, 11) is -3.21. The molecular weight excluding hydrogens is 202 g/mol. The Bertz CT molecular complexity index is 459. The lowest BCUT2D eigenvalue weighted by Gasteiger charge is -2.03. The van der Waals surface area contributed by atoms with Crippen LogP contribution in [-0.2, 0) is 9.84 Å². The van der Waals surface area contributed by atoms with Crippen LogP contribution in [0.25, 0.3) is 0 Å². The van der Waals surface area contributed by atoms with Crippen molar-refractivity contribution in [3.63, 3.8) is 0 Å². The summed E-state index contributed by atoms with van der Waals surface area (Å²) in [5.41, 5.74) is 0. The van der Waals surface area contributed by atoms with Crippen molar-refractivity contribution < 1.29 is 13.2 Å². The molecule has 0 aromatic heterocycles. The molecule has 0 unspecified atom stereocenters. The van der Waals surface area contributed by atoms with E-state index in [2.05, 4.69) is 0 Å². The molecule has 0 saturated carbocycles. The third-order valence-corrected chi connectivity index (χ3v) is 2.65. The van der Waals surface area contributed by atoms with Crippen molar-refractivity contribution in [2.45, 2.75) is 4.90 Å². The van der Waals surface area contributed by atoms with E-state index >= 15 is 0 Å². The van der Waals surface area contributed by atoms with E-state index in [-0.39, 0.29) is 11.5 Å². The molecule has 0 aliphatic carbocycles. The molecule has 0 atom stereocenters. The van der Waals surface area contributed by atoms with E-state index in [1.807, 2.05) is 0 Å². The highest BCUT2D eigenvalue weighted by atomic mass is 32.2. The molecule has 4 nitrogen and oxygen atoms in total. The van der Waals surface area contributed by atoms with Crippen molar-refractivity contribution in [2.24, 2.45) is 0 Å². The molecule has 0 radical (unpaired) electrons. The molecular formula is C9H9NO3S. The predicted molar refractivity (Wildman–Crippen MR) is 50.7 cm³/mol. The largest absolute Gasteiger partial charge is 0.479 e. The molecule has 0 bridgehead atoms. The second kappa shape index (κ2) is 4.11. The normalized spacial score (nSPS) is 10.6. The summed E-state index contributed by atoms with van der Waals surface area (Å²) in [5, 5.41) is 8.26. The first-order valence-corrected chi connectivity index (χ1v) is 5.73. The van der Waals surface area contributed by atoms with E-state index in [4.69, 9.17) is 10.00 Å². The van der Waals surface area contributed by atoms with Gasteiger partial charge in [0.1, 0.15) is 11.8 Å². The number of nitrogens with zero attached hydrogens (tertiary/aromatic N) is 1. The molecule has 0 spiro atoms. The first kappa shape index (κ1) is 10.5. The van der Waals surface area contributed by atoms with Gasteiger partial charge in [0.05, 0.1) is 4.90 Å². The molecule has 0 saturated heterocycles. The zero-order chi connectivity index (χ0) is 10.6. The standard InChI is InChI=1S/C9H9NO3S/c1-14(11,12)9-4-2-3-8(7-9)13-6-5-10/h2-4,7H,6H2,1H3. The summed E-state index contributed by atoms with van der Waals surface area (Å²) in [4.78, 5) is 0.188. The van der Waals surface area contributed by atoms with Gasteiger partial charge >= 0.3 is 0 Å². The molecule has 0 heterocycles. The number of hydrogen-bond donors (Lipinski definition) is 0. The number of hydrogen-bond acceptors (Lipinski definition) is 4. The molecule has 0 fully saturated rings. The molecule has 1 rings (SSSR count). The molecule has 14 heavy (non-hydrogen) atoms. The highest BCUT2D eigenvalue weighted by molar-refractivity contribution is 7.90. The van der Waals surface area contributed by atoms with Crippen LogP contribution in [0.3, 0.4) is 0 Å². The summed E-state index contributed by atoms with van der Waals surface area (Å²) in [5.74, 6) is 0.384. The maximum absolute atomic E-state index is 11.1. The van der Waals surface area contributed by atoms with Gasteiger partial charge in [-0.05, 0) is 18.2 Å². The van der Waals surface area contributed by atoms with Crippen molar-refractivity contribution in [3.05, 3.63) is 24.3 Å². The number of benzene rings is 1. The fourth-order valence-corrected chi connectivity index (χ4v) is 1.57. The fraction of sp³-hybridized carbons (Fsp3) is 0.222. The van der Waals surface area contributed by atoms with Crippen LogP contribution >= 0.6 is 0 Å². The van der Waals surface area contributed by atoms with Crippen molar-refractivity contribution in [2.75, 3.05) is 12.9 Å². The lowest BCUT2D eigenvalue weighted by Crippen LogP contribution is -1.99. The molecule has 0 aliphatic rings. The lowest BCUT2D eigenvalue weighted by molar-refractivity contribution is 0.367. The Kier molecular flexibility index (Phi) is 3.10. The van der Waals surface area contributed by atoms with Gasteiger partial charge in [-0.3, -0.25) is 0 Å². The third kappa shape index (κ3) is 2.75. The van der Waals surface area contributed by atoms with E-state index in [1.165, 1.54) is 12.1 Å². The van der Waals surface area contributed by atoms with Crippen LogP contribution in [0.15, 0.2) is 29.2 Å². The lowest BCUT2D eigenvalue weighted by atomic mass is 10.3. The summed E-state index contributed by atoms with van der Waals surface area (Å²) in [6.45, 7) is -0.0901. The van der Waals surface area contributed by atoms with Gasteiger partial charge in [0.2, 0.25) is 0 Å². The maximum atomic E-state index is 11.1. The minimum Gasteiger partial charge on any atom is -0.479 e. The van der Waals surface area contributed by atoms with Crippen LogP contribution in [0, 0.1) is 11.3 Å². The van der Waals surface area contributed by atoms with Crippen molar-refractivity contribution >= 4 is 9.84 Å². The quantitative estimate of drug-likeness (QED) is 0.747. The van der Waals surface area contributed by atoms with Crippen molar-refractivity contribution in [3.8, 4) is 11.8 Å². The maximum Gasteiger partial charge on any atom is 0.175 e. The van der Waals surface area contributed by atoms with E-state index in [9.17, 15) is 8.42 Å². The Hall–Kier alpha value is -1.54. The zero-order valence-corrected chi connectivity index (χ0v) is 8.41. The Morgan fingerprint density at radius 3 is 2.79 bits per heavy atom. The van der Waals surface area contributed by atoms with Gasteiger partial charge in [-0.1, -0.05) is 6.07 Å². The molecule has 0 aliphatic heterocycles. The highest BCUT2D eigenvalue weighted by Crippen LogP contribution is 2.16. The number of nitriles is 1. The van der Waals surface area contributed by atoms with Crippen LogP contribution < -0.4 is 4.74 Å². The average molecular weight is 211 g/mol. The van der Waals surface area contributed by atoms with E-state index in [0.29, 0.717) is 5.75 Å². The topological polar surface area (TPSA) is 67.2 Å². The average Bonchev–Trinajstić information content (AvgIpc) is 2.14. The van der Waals surface area contributed by atoms with Gasteiger partial charge in [0, 0.05) is 6.26 Å². The highest BCUT2D eigenvalue weighted by Gasteiger charge is 2.07. The second-order valence-corrected chi connectivity index (χ2v) is 4.71. The monoisotopic (exact) mass is 211 g/mol. The smallest absolute Gasteiger partial charge is 0.175 e. The van der Waals surface area contributed by atoms with Gasteiger partial charge in [-0.15, -0.1) is 0 Å². The molecule has 1 aromatic rings. The molecule has 5 heteroatoms. The Labute approximate surface area is 82.7 Å². The van der Waals surface area contributed by atoms with Gasteiger partial charge in [-0.2, -0.15) is 5.26 Å². The third-order valence-electron chi connectivity index (χ3n) is 1.54. The minimum absolute atomic E-state index is 0.0901. The summed E-state index contributed by atoms with van der Waals surface area (Å²) in [6.07, 6.45) is 1.12. The summed E-state index contributed by atoms with van der Waals surface area (Å²) in [6, 6.07) is 7.85. The number of ether oxygens (including phenoxy) is 1. The number of sulfone groups is 1. The molecule has 74 valence electrons. The molecule has 0 N–H and O–H groups in total. The van der Waals surface area contributed by atoms with Gasteiger partial charge in [0.25, 0.3) is 0 Å². The van der Waals surface area contributed by atoms with E-state index < -0.39 is 9.84 Å². The predicted octanol–water partition coefficient (Wildman–Crippen LogP) is 0.992. The van der Waals surface area contributed by atoms with E-state index in [1.54, 1.807) is 18.2 Å². The van der Waals surface area contributed by atoms with Crippen molar-refractivity contribution in [1.82, 2.24) is 0 Å². The van der Waals surface area contributed by atoms with E-state index in [0.717, 1.165) is 6.26 Å². The molecule has 1 aromatic carbocycles. The van der Waals surface area contributed by atoms with Gasteiger partial charge in [-0.25, -0.2) is 8.42 Å². The summed E-state index contributed by atoms with van der Waals surface area (Å²) >= 11 is 0. The Balaban J connectivity index is 2.97. The van der Waals surface area contributed by atoms with Crippen LogP contribution in [0.1, 0.15) is 0 Å².